The average Bonchev–Trinajstić information content (AvgIpc) is 3.34. The van der Waals surface area contributed by atoms with E-state index in [4.69, 9.17) is 0 Å². The van der Waals surface area contributed by atoms with Gasteiger partial charge in [0.1, 0.15) is 17.4 Å². The molecule has 1 atom stereocenters. The van der Waals surface area contributed by atoms with E-state index in [1.54, 1.807) is 23.5 Å². The molecule has 0 spiro atoms. The van der Waals surface area contributed by atoms with Gasteiger partial charge >= 0.3 is 6.18 Å². The van der Waals surface area contributed by atoms with Crippen LogP contribution < -0.4 is 4.90 Å². The van der Waals surface area contributed by atoms with Gasteiger partial charge in [0.15, 0.2) is 0 Å². The van der Waals surface area contributed by atoms with Crippen molar-refractivity contribution in [1.82, 2.24) is 29.5 Å². The fraction of sp³-hybridized carbons (Fsp3) is 0.222. The number of anilines is 1. The number of nitrogens with zero attached hydrogens (tertiary/aromatic N) is 6. The number of hydrogen-bond donors (Lipinski definition) is 1. The highest BCUT2D eigenvalue weighted by atomic mass is 19.4. The SMILES string of the molecule is Fc1cccn2nc(C3c4nc[nH]c4CCN3c3ncc(C(F)(F)F)cn3)cc12. The molecule has 0 radical (unpaired) electrons. The number of nitrogens with one attached hydrogen (secondary N) is 1. The van der Waals surface area contributed by atoms with E-state index in [0.29, 0.717) is 29.9 Å². The highest BCUT2D eigenvalue weighted by Crippen LogP contribution is 2.36. The molecule has 1 aliphatic heterocycles. The lowest BCUT2D eigenvalue weighted by molar-refractivity contribution is -0.138. The van der Waals surface area contributed by atoms with Crippen molar-refractivity contribution in [2.24, 2.45) is 0 Å². The molecule has 0 amide bonds. The Bertz CT molecular complexity index is 1180. The molecule has 1 aliphatic rings. The lowest BCUT2D eigenvalue weighted by Crippen LogP contribution is -2.37. The summed E-state index contributed by atoms with van der Waals surface area (Å²) >= 11 is 0. The molecular formula is C18H13F4N7. The minimum absolute atomic E-state index is 0.120. The number of imidazole rings is 1. The Balaban J connectivity index is 1.61. The van der Waals surface area contributed by atoms with Crippen molar-refractivity contribution in [1.29, 1.82) is 0 Å². The van der Waals surface area contributed by atoms with Crippen LogP contribution in [0.3, 0.4) is 0 Å². The Hall–Kier alpha value is -3.50. The maximum Gasteiger partial charge on any atom is 0.419 e. The van der Waals surface area contributed by atoms with E-state index in [9.17, 15) is 17.6 Å². The van der Waals surface area contributed by atoms with Crippen LogP contribution in [0.2, 0.25) is 0 Å². The highest BCUT2D eigenvalue weighted by molar-refractivity contribution is 5.53. The summed E-state index contributed by atoms with van der Waals surface area (Å²) in [7, 11) is 0. The van der Waals surface area contributed by atoms with Gasteiger partial charge in [-0.1, -0.05) is 0 Å². The number of hydrogen-bond acceptors (Lipinski definition) is 5. The molecule has 29 heavy (non-hydrogen) atoms. The van der Waals surface area contributed by atoms with Gasteiger partial charge in [-0.05, 0) is 18.2 Å². The standard InChI is InChI=1S/C18H13F4N7/c19-11-2-1-4-29-14(11)6-13(27-29)16-15-12(25-9-26-15)3-5-28(16)17-23-7-10(8-24-17)18(20,21)22/h1-2,4,6-9,16H,3,5H2,(H,25,26). The second kappa shape index (κ2) is 6.26. The first kappa shape index (κ1) is 17.6. The van der Waals surface area contributed by atoms with Crippen LogP contribution in [0.25, 0.3) is 5.52 Å². The first-order valence-corrected chi connectivity index (χ1v) is 8.73. The maximum absolute atomic E-state index is 14.2. The first-order chi connectivity index (χ1) is 13.9. The lowest BCUT2D eigenvalue weighted by atomic mass is 10.00. The summed E-state index contributed by atoms with van der Waals surface area (Å²) in [4.78, 5) is 17.0. The lowest BCUT2D eigenvalue weighted by Gasteiger charge is -2.33. The molecule has 4 aromatic heterocycles. The van der Waals surface area contributed by atoms with Crippen molar-refractivity contribution in [3.63, 3.8) is 0 Å². The predicted molar refractivity (Wildman–Crippen MR) is 93.7 cm³/mol. The molecule has 5 rings (SSSR count). The number of alkyl halides is 3. The predicted octanol–water partition coefficient (Wildman–Crippen LogP) is 3.16. The molecule has 7 nitrogen and oxygen atoms in total. The third-order valence-corrected chi connectivity index (χ3v) is 4.90. The van der Waals surface area contributed by atoms with E-state index in [0.717, 1.165) is 18.1 Å². The molecule has 0 saturated carbocycles. The summed E-state index contributed by atoms with van der Waals surface area (Å²) in [6.45, 7) is 0.432. The Labute approximate surface area is 161 Å². The van der Waals surface area contributed by atoms with Gasteiger partial charge < -0.3 is 9.88 Å². The summed E-state index contributed by atoms with van der Waals surface area (Å²) in [5.74, 6) is -0.309. The number of halogens is 4. The number of rotatable bonds is 2. The number of H-pyrrole nitrogens is 1. The Morgan fingerprint density at radius 1 is 1.14 bits per heavy atom. The number of aromatic amines is 1. The van der Waals surface area contributed by atoms with E-state index in [2.05, 4.69) is 25.0 Å². The fourth-order valence-electron chi connectivity index (χ4n) is 3.54. The van der Waals surface area contributed by atoms with Crippen LogP contribution in [0.15, 0.2) is 43.1 Å². The molecule has 0 aromatic carbocycles. The number of pyridine rings is 1. The molecular weight excluding hydrogens is 390 g/mol. The van der Waals surface area contributed by atoms with E-state index >= 15 is 0 Å². The molecule has 0 fully saturated rings. The van der Waals surface area contributed by atoms with Gasteiger partial charge in [0.2, 0.25) is 5.95 Å². The van der Waals surface area contributed by atoms with E-state index in [-0.39, 0.29) is 5.95 Å². The molecule has 0 bridgehead atoms. The minimum Gasteiger partial charge on any atom is -0.348 e. The van der Waals surface area contributed by atoms with Gasteiger partial charge in [-0.3, -0.25) is 0 Å². The van der Waals surface area contributed by atoms with E-state index < -0.39 is 23.6 Å². The van der Waals surface area contributed by atoms with E-state index in [1.807, 2.05) is 0 Å². The highest BCUT2D eigenvalue weighted by Gasteiger charge is 2.36. The van der Waals surface area contributed by atoms with Gasteiger partial charge in [0.25, 0.3) is 0 Å². The van der Waals surface area contributed by atoms with Gasteiger partial charge in [0, 0.05) is 37.3 Å². The molecule has 4 aromatic rings. The third-order valence-electron chi connectivity index (χ3n) is 4.90. The first-order valence-electron chi connectivity index (χ1n) is 8.73. The van der Waals surface area contributed by atoms with Crippen LogP contribution in [-0.4, -0.2) is 36.1 Å². The largest absolute Gasteiger partial charge is 0.419 e. The van der Waals surface area contributed by atoms with Crippen LogP contribution in [0.5, 0.6) is 0 Å². The summed E-state index contributed by atoms with van der Waals surface area (Å²) in [6.07, 6.45) is 0.734. The van der Waals surface area contributed by atoms with Gasteiger partial charge in [-0.2, -0.15) is 18.3 Å². The number of aromatic nitrogens is 6. The van der Waals surface area contributed by atoms with Gasteiger partial charge in [0.05, 0.1) is 23.3 Å². The Morgan fingerprint density at radius 2 is 1.93 bits per heavy atom. The average molecular weight is 403 g/mol. The summed E-state index contributed by atoms with van der Waals surface area (Å²) in [5.41, 5.74) is 1.40. The van der Waals surface area contributed by atoms with Crippen LogP contribution in [0, 0.1) is 5.82 Å². The second-order valence-corrected chi connectivity index (χ2v) is 6.64. The van der Waals surface area contributed by atoms with Crippen molar-refractivity contribution in [2.75, 3.05) is 11.4 Å². The zero-order valence-corrected chi connectivity index (χ0v) is 14.7. The molecule has 1 unspecified atom stereocenters. The maximum atomic E-state index is 14.2. The summed E-state index contributed by atoms with van der Waals surface area (Å²) < 4.78 is 54.1. The molecule has 1 N–H and O–H groups in total. The second-order valence-electron chi connectivity index (χ2n) is 6.64. The molecule has 148 valence electrons. The fourth-order valence-corrected chi connectivity index (χ4v) is 3.54. The zero-order chi connectivity index (χ0) is 20.2. The van der Waals surface area contributed by atoms with E-state index in [1.165, 1.54) is 16.6 Å². The molecule has 0 aliphatic carbocycles. The minimum atomic E-state index is -4.52. The van der Waals surface area contributed by atoms with Crippen LogP contribution in [0.1, 0.15) is 28.7 Å². The van der Waals surface area contributed by atoms with Crippen LogP contribution in [0.4, 0.5) is 23.5 Å². The van der Waals surface area contributed by atoms with Crippen molar-refractivity contribution in [2.45, 2.75) is 18.6 Å². The smallest absolute Gasteiger partial charge is 0.348 e. The quantitative estimate of drug-likeness (QED) is 0.521. The normalized spacial score (nSPS) is 17.0. The van der Waals surface area contributed by atoms with Crippen molar-refractivity contribution < 1.29 is 17.6 Å². The van der Waals surface area contributed by atoms with Crippen molar-refractivity contribution in [3.8, 4) is 0 Å². The molecule has 0 saturated heterocycles. The van der Waals surface area contributed by atoms with Gasteiger partial charge in [-0.15, -0.1) is 0 Å². The van der Waals surface area contributed by atoms with Gasteiger partial charge in [-0.25, -0.2) is 23.9 Å². The van der Waals surface area contributed by atoms with Crippen LogP contribution in [-0.2, 0) is 12.6 Å². The molecule has 11 heteroatoms. The van der Waals surface area contributed by atoms with Crippen molar-refractivity contribution in [3.05, 3.63) is 71.6 Å². The molecule has 5 heterocycles. The Morgan fingerprint density at radius 3 is 2.66 bits per heavy atom. The van der Waals surface area contributed by atoms with Crippen LogP contribution >= 0.6 is 0 Å². The van der Waals surface area contributed by atoms with Crippen molar-refractivity contribution >= 4 is 11.5 Å². The third kappa shape index (κ3) is 2.89. The summed E-state index contributed by atoms with van der Waals surface area (Å²) in [6, 6.07) is 3.90. The summed E-state index contributed by atoms with van der Waals surface area (Å²) in [5, 5.41) is 4.45. The Kier molecular flexibility index (Phi) is 3.80. The monoisotopic (exact) mass is 403 g/mol. The number of fused-ring (bicyclic) bond motifs is 2. The zero-order valence-electron chi connectivity index (χ0n) is 14.7. The topological polar surface area (TPSA) is 75.0 Å².